The van der Waals surface area contributed by atoms with E-state index in [9.17, 15) is 4.79 Å². The summed E-state index contributed by atoms with van der Waals surface area (Å²) < 4.78 is 0. The Labute approximate surface area is 141 Å². The summed E-state index contributed by atoms with van der Waals surface area (Å²) in [5.41, 5.74) is 5.52. The summed E-state index contributed by atoms with van der Waals surface area (Å²) in [6, 6.07) is 6.21. The molecule has 0 amide bonds. The number of carboxylic acids is 1. The van der Waals surface area contributed by atoms with Crippen LogP contribution in [0.15, 0.2) is 18.2 Å². The Hall–Kier alpha value is -2.63. The standard InChI is InChI=1S/C18H22N4O2/c1-10-6-11(2)17(12(3)7-10)21-15-8-14(13-4-5-13)20-18(22-15)19-9-16(23)24/h6-8,13H,4-5,9H2,1-3H3,(H,23,24)(H2,19,20,21,22). The van der Waals surface area contributed by atoms with Crippen LogP contribution in [0.2, 0.25) is 0 Å². The maximum atomic E-state index is 10.8. The highest BCUT2D eigenvalue weighted by Crippen LogP contribution is 2.40. The molecular weight excluding hydrogens is 304 g/mol. The Morgan fingerprint density at radius 2 is 1.83 bits per heavy atom. The van der Waals surface area contributed by atoms with Gasteiger partial charge >= 0.3 is 5.97 Å². The van der Waals surface area contributed by atoms with Gasteiger partial charge in [0.2, 0.25) is 5.95 Å². The van der Waals surface area contributed by atoms with E-state index in [1.165, 1.54) is 5.56 Å². The monoisotopic (exact) mass is 326 g/mol. The van der Waals surface area contributed by atoms with E-state index in [0.717, 1.165) is 35.3 Å². The predicted molar refractivity (Wildman–Crippen MR) is 94.1 cm³/mol. The van der Waals surface area contributed by atoms with Crippen LogP contribution in [0, 0.1) is 20.8 Å². The van der Waals surface area contributed by atoms with Crippen molar-refractivity contribution in [1.29, 1.82) is 0 Å². The van der Waals surface area contributed by atoms with Gasteiger partial charge in [-0.25, -0.2) is 4.98 Å². The van der Waals surface area contributed by atoms with Gasteiger partial charge in [0.25, 0.3) is 0 Å². The second-order valence-electron chi connectivity index (χ2n) is 6.42. The third kappa shape index (κ3) is 3.82. The minimum absolute atomic E-state index is 0.198. The summed E-state index contributed by atoms with van der Waals surface area (Å²) in [5, 5.41) is 15.0. The second kappa shape index (κ2) is 6.47. The van der Waals surface area contributed by atoms with Crippen LogP contribution in [-0.4, -0.2) is 27.6 Å². The fourth-order valence-electron chi connectivity index (χ4n) is 2.86. The van der Waals surface area contributed by atoms with Crippen LogP contribution in [0.5, 0.6) is 0 Å². The zero-order valence-electron chi connectivity index (χ0n) is 14.2. The lowest BCUT2D eigenvalue weighted by Gasteiger charge is -2.15. The van der Waals surface area contributed by atoms with E-state index in [1.54, 1.807) is 0 Å². The van der Waals surface area contributed by atoms with Crippen LogP contribution in [0.25, 0.3) is 0 Å². The van der Waals surface area contributed by atoms with Gasteiger partial charge < -0.3 is 15.7 Å². The Balaban J connectivity index is 1.90. The van der Waals surface area contributed by atoms with Gasteiger partial charge in [-0.2, -0.15) is 4.98 Å². The van der Waals surface area contributed by atoms with Crippen LogP contribution >= 0.6 is 0 Å². The molecule has 1 aromatic heterocycles. The summed E-state index contributed by atoms with van der Waals surface area (Å²) >= 11 is 0. The number of carbonyl (C=O) groups is 1. The third-order valence-corrected chi connectivity index (χ3v) is 4.07. The summed E-state index contributed by atoms with van der Waals surface area (Å²) in [6.45, 7) is 6.01. The molecule has 1 fully saturated rings. The molecule has 24 heavy (non-hydrogen) atoms. The van der Waals surface area contributed by atoms with E-state index in [-0.39, 0.29) is 6.54 Å². The molecule has 1 heterocycles. The molecule has 0 radical (unpaired) electrons. The lowest BCUT2D eigenvalue weighted by molar-refractivity contribution is -0.134. The molecule has 0 aliphatic heterocycles. The lowest BCUT2D eigenvalue weighted by atomic mass is 10.1. The van der Waals surface area contributed by atoms with Crippen molar-refractivity contribution in [2.24, 2.45) is 0 Å². The second-order valence-corrected chi connectivity index (χ2v) is 6.42. The van der Waals surface area contributed by atoms with Crippen molar-refractivity contribution in [2.45, 2.75) is 39.5 Å². The van der Waals surface area contributed by atoms with E-state index in [1.807, 2.05) is 6.07 Å². The largest absolute Gasteiger partial charge is 0.480 e. The summed E-state index contributed by atoms with van der Waals surface area (Å²) in [5.74, 6) is 0.566. The van der Waals surface area contributed by atoms with E-state index < -0.39 is 5.97 Å². The van der Waals surface area contributed by atoms with Crippen LogP contribution in [0.3, 0.4) is 0 Å². The Bertz CT molecular complexity index is 762. The molecule has 0 spiro atoms. The highest BCUT2D eigenvalue weighted by Gasteiger charge is 2.26. The zero-order chi connectivity index (χ0) is 17.3. The normalized spacial score (nSPS) is 13.6. The first-order valence-electron chi connectivity index (χ1n) is 8.12. The van der Waals surface area contributed by atoms with Gasteiger partial charge in [-0.15, -0.1) is 0 Å². The number of benzene rings is 1. The number of hydrogen-bond donors (Lipinski definition) is 3. The number of aliphatic carboxylic acids is 1. The molecule has 1 saturated carbocycles. The van der Waals surface area contributed by atoms with Gasteiger partial charge in [-0.05, 0) is 44.7 Å². The number of aryl methyl sites for hydroxylation is 3. The van der Waals surface area contributed by atoms with E-state index >= 15 is 0 Å². The van der Waals surface area contributed by atoms with Crippen LogP contribution in [0.4, 0.5) is 17.5 Å². The summed E-state index contributed by atoms with van der Waals surface area (Å²) in [4.78, 5) is 19.6. The average molecular weight is 326 g/mol. The quantitative estimate of drug-likeness (QED) is 0.753. The average Bonchev–Trinajstić information content (AvgIpc) is 3.33. The fourth-order valence-corrected chi connectivity index (χ4v) is 2.86. The first kappa shape index (κ1) is 16.2. The summed E-state index contributed by atoms with van der Waals surface area (Å²) in [7, 11) is 0. The van der Waals surface area contributed by atoms with Crippen molar-refractivity contribution in [2.75, 3.05) is 17.2 Å². The van der Waals surface area contributed by atoms with Crippen molar-refractivity contribution >= 4 is 23.4 Å². The SMILES string of the molecule is Cc1cc(C)c(Nc2cc(C3CC3)nc(NCC(=O)O)n2)c(C)c1. The van der Waals surface area contributed by atoms with Crippen LogP contribution < -0.4 is 10.6 Å². The number of rotatable bonds is 6. The van der Waals surface area contributed by atoms with Crippen molar-refractivity contribution < 1.29 is 9.90 Å². The number of nitrogens with one attached hydrogen (secondary N) is 2. The molecule has 0 unspecified atom stereocenters. The number of hydrogen-bond acceptors (Lipinski definition) is 5. The highest BCUT2D eigenvalue weighted by atomic mass is 16.4. The maximum Gasteiger partial charge on any atom is 0.322 e. The number of aromatic nitrogens is 2. The molecule has 1 aliphatic carbocycles. The molecule has 1 aromatic carbocycles. The molecule has 6 heteroatoms. The van der Waals surface area contributed by atoms with E-state index in [4.69, 9.17) is 5.11 Å². The first-order valence-corrected chi connectivity index (χ1v) is 8.12. The molecule has 1 aliphatic rings. The molecule has 0 atom stereocenters. The number of anilines is 3. The minimum Gasteiger partial charge on any atom is -0.480 e. The maximum absolute atomic E-state index is 10.8. The van der Waals surface area contributed by atoms with E-state index in [2.05, 4.69) is 53.5 Å². The zero-order valence-corrected chi connectivity index (χ0v) is 14.2. The fraction of sp³-hybridized carbons (Fsp3) is 0.389. The first-order chi connectivity index (χ1) is 11.4. The molecule has 3 N–H and O–H groups in total. The molecule has 3 rings (SSSR count). The summed E-state index contributed by atoms with van der Waals surface area (Å²) in [6.07, 6.45) is 2.24. The molecule has 0 bridgehead atoms. The van der Waals surface area contributed by atoms with Gasteiger partial charge in [-0.1, -0.05) is 17.7 Å². The Kier molecular flexibility index (Phi) is 4.38. The smallest absolute Gasteiger partial charge is 0.322 e. The van der Waals surface area contributed by atoms with E-state index in [0.29, 0.717) is 17.7 Å². The highest BCUT2D eigenvalue weighted by molar-refractivity contribution is 5.72. The molecule has 0 saturated heterocycles. The molecular formula is C18H22N4O2. The van der Waals surface area contributed by atoms with Crippen molar-refractivity contribution in [3.8, 4) is 0 Å². The van der Waals surface area contributed by atoms with Crippen molar-refractivity contribution in [1.82, 2.24) is 9.97 Å². The van der Waals surface area contributed by atoms with Crippen LogP contribution in [0.1, 0.15) is 41.1 Å². The van der Waals surface area contributed by atoms with Gasteiger partial charge in [0, 0.05) is 17.7 Å². The predicted octanol–water partition coefficient (Wildman–Crippen LogP) is 3.52. The Morgan fingerprint density at radius 3 is 2.42 bits per heavy atom. The van der Waals surface area contributed by atoms with Crippen molar-refractivity contribution in [3.05, 3.63) is 40.6 Å². The van der Waals surface area contributed by atoms with Gasteiger partial charge in [0.1, 0.15) is 12.4 Å². The minimum atomic E-state index is -0.935. The van der Waals surface area contributed by atoms with Gasteiger partial charge in [0.05, 0.1) is 5.69 Å². The van der Waals surface area contributed by atoms with Crippen LogP contribution in [-0.2, 0) is 4.79 Å². The third-order valence-electron chi connectivity index (χ3n) is 4.07. The van der Waals surface area contributed by atoms with Gasteiger partial charge in [-0.3, -0.25) is 4.79 Å². The molecule has 126 valence electrons. The van der Waals surface area contributed by atoms with Crippen molar-refractivity contribution in [3.63, 3.8) is 0 Å². The number of nitrogens with zero attached hydrogens (tertiary/aromatic N) is 2. The number of carboxylic acid groups (broad SMARTS) is 1. The Morgan fingerprint density at radius 1 is 1.17 bits per heavy atom. The molecule has 6 nitrogen and oxygen atoms in total. The lowest BCUT2D eigenvalue weighted by Crippen LogP contribution is -2.15. The topological polar surface area (TPSA) is 87.1 Å². The molecule has 2 aromatic rings. The van der Waals surface area contributed by atoms with Gasteiger partial charge in [0.15, 0.2) is 0 Å².